The highest BCUT2D eigenvalue weighted by atomic mass is 19.4. The Labute approximate surface area is 168 Å². The molecule has 0 aliphatic rings. The van der Waals surface area contributed by atoms with Crippen LogP contribution in [0.2, 0.25) is 0 Å². The van der Waals surface area contributed by atoms with Gasteiger partial charge in [0.05, 0.1) is 5.69 Å². The van der Waals surface area contributed by atoms with Crippen molar-refractivity contribution < 1.29 is 22.4 Å². The Morgan fingerprint density at radius 2 is 1.97 bits per heavy atom. The average molecular weight is 419 g/mol. The zero-order chi connectivity index (χ0) is 22.1. The second kappa shape index (κ2) is 7.97. The van der Waals surface area contributed by atoms with Gasteiger partial charge in [-0.1, -0.05) is 18.2 Å². The summed E-state index contributed by atoms with van der Waals surface area (Å²) in [5.41, 5.74) is 3.73. The highest BCUT2D eigenvalue weighted by Gasteiger charge is 2.34. The van der Waals surface area contributed by atoms with Crippen LogP contribution in [0.4, 0.5) is 17.6 Å². The van der Waals surface area contributed by atoms with Gasteiger partial charge in [0.15, 0.2) is 0 Å². The molecule has 0 unspecified atom stereocenters. The molecule has 0 aliphatic carbocycles. The van der Waals surface area contributed by atoms with Crippen LogP contribution in [0.5, 0.6) is 0 Å². The molecule has 0 aliphatic heterocycles. The van der Waals surface area contributed by atoms with Gasteiger partial charge in [0.2, 0.25) is 0 Å². The van der Waals surface area contributed by atoms with Crippen LogP contribution in [-0.2, 0) is 13.6 Å². The lowest BCUT2D eigenvalue weighted by Gasteiger charge is -2.11. The van der Waals surface area contributed by atoms with E-state index in [1.165, 1.54) is 41.9 Å². The molecule has 156 valence electrons. The normalized spacial score (nSPS) is 12.6. The van der Waals surface area contributed by atoms with E-state index >= 15 is 0 Å². The third-order valence-corrected chi connectivity index (χ3v) is 4.52. The van der Waals surface area contributed by atoms with Crippen LogP contribution in [0, 0.1) is 11.2 Å². The Morgan fingerprint density at radius 3 is 2.60 bits per heavy atom. The molecule has 0 radical (unpaired) electrons. The Morgan fingerprint density at radius 1 is 1.27 bits per heavy atom. The molecule has 0 bridgehead atoms. The van der Waals surface area contributed by atoms with E-state index < -0.39 is 29.2 Å². The number of nitrogens with one attached hydrogen (secondary N) is 2. The number of hydrogen-bond acceptors (Lipinski definition) is 4. The van der Waals surface area contributed by atoms with Crippen LogP contribution < -0.4 is 11.1 Å². The summed E-state index contributed by atoms with van der Waals surface area (Å²) in [6.45, 7) is -0.0332. The minimum absolute atomic E-state index is 0.0332. The van der Waals surface area contributed by atoms with Crippen LogP contribution in [0.25, 0.3) is 16.6 Å². The first-order valence-electron chi connectivity index (χ1n) is 8.69. The molecule has 3 aromatic rings. The van der Waals surface area contributed by atoms with E-state index in [1.807, 2.05) is 0 Å². The van der Waals surface area contributed by atoms with Gasteiger partial charge in [-0.25, -0.2) is 9.37 Å². The van der Waals surface area contributed by atoms with Crippen molar-refractivity contribution in [2.45, 2.75) is 12.7 Å². The Bertz CT molecular complexity index is 1160. The number of rotatable bonds is 5. The van der Waals surface area contributed by atoms with E-state index in [4.69, 9.17) is 11.1 Å². The third kappa shape index (κ3) is 4.02. The molecule has 0 spiro atoms. The summed E-state index contributed by atoms with van der Waals surface area (Å²) < 4.78 is 53.9. The zero-order valence-corrected chi connectivity index (χ0v) is 15.7. The molecule has 0 atom stereocenters. The monoisotopic (exact) mass is 419 g/mol. The molecule has 6 nitrogen and oxygen atoms in total. The molecule has 10 heteroatoms. The van der Waals surface area contributed by atoms with E-state index in [0.29, 0.717) is 17.2 Å². The number of benzene rings is 1. The smallest absolute Gasteiger partial charge is 0.394 e. The zero-order valence-electron chi connectivity index (χ0n) is 15.7. The fourth-order valence-electron chi connectivity index (χ4n) is 2.92. The number of aromatic nitrogens is 2. The van der Waals surface area contributed by atoms with Crippen molar-refractivity contribution in [3.8, 4) is 0 Å². The van der Waals surface area contributed by atoms with E-state index in [1.54, 1.807) is 12.1 Å². The van der Waals surface area contributed by atoms with Crippen molar-refractivity contribution in [2.24, 2.45) is 12.8 Å². The fraction of sp³-hybridized carbons (Fsp3) is 0.150. The number of nitrogens with two attached hydrogens (primary N) is 1. The van der Waals surface area contributed by atoms with Crippen LogP contribution >= 0.6 is 0 Å². The molecule has 2 aromatic heterocycles. The number of aryl methyl sites for hydroxylation is 1. The summed E-state index contributed by atoms with van der Waals surface area (Å²) in [5, 5.41) is 10.4. The average Bonchev–Trinajstić information content (AvgIpc) is 3.03. The van der Waals surface area contributed by atoms with Gasteiger partial charge in [-0.15, -0.1) is 0 Å². The lowest BCUT2D eigenvalue weighted by molar-refractivity contribution is -0.0919. The minimum atomic E-state index is -4.81. The number of pyridine rings is 1. The highest BCUT2D eigenvalue weighted by Crippen LogP contribution is 2.28. The number of carbonyl (C=O) groups is 1. The quantitative estimate of drug-likeness (QED) is 0.436. The van der Waals surface area contributed by atoms with Crippen molar-refractivity contribution in [3.63, 3.8) is 0 Å². The van der Waals surface area contributed by atoms with Crippen molar-refractivity contribution in [1.29, 1.82) is 5.41 Å². The van der Waals surface area contributed by atoms with Crippen molar-refractivity contribution in [3.05, 3.63) is 70.9 Å². The molecule has 1 amide bonds. The maximum absolute atomic E-state index is 13.7. The second-order valence-corrected chi connectivity index (χ2v) is 6.44. The first-order chi connectivity index (χ1) is 14.1. The molecule has 0 fully saturated rings. The van der Waals surface area contributed by atoms with E-state index in [0.717, 1.165) is 0 Å². The Balaban J connectivity index is 1.94. The number of carbonyl (C=O) groups excluding carboxylic acids is 1. The number of alkyl halides is 3. The van der Waals surface area contributed by atoms with E-state index in [9.17, 15) is 22.4 Å². The first-order valence-corrected chi connectivity index (χ1v) is 8.69. The standard InChI is InChI=1S/C20H17F4N5O/c1-29-16(19(30)27-10-12-4-2-3-5-14(12)21)8-11-6-7-15(28-18(11)29)13(9-25)17(26)20(22,23)24/h2-9,25H,10,26H2,1H3,(H,27,30)/b17-13+,25-9?. The first kappa shape index (κ1) is 21.0. The van der Waals surface area contributed by atoms with Crippen LogP contribution in [0.1, 0.15) is 21.7 Å². The van der Waals surface area contributed by atoms with Gasteiger partial charge in [-0.05, 0) is 24.3 Å². The highest BCUT2D eigenvalue weighted by molar-refractivity contribution is 6.09. The van der Waals surface area contributed by atoms with Gasteiger partial charge in [-0.2, -0.15) is 13.2 Å². The summed E-state index contributed by atoms with van der Waals surface area (Å²) in [5.74, 6) is -0.952. The number of nitrogens with zero attached hydrogens (tertiary/aromatic N) is 2. The topological polar surface area (TPSA) is 96.8 Å². The van der Waals surface area contributed by atoms with Gasteiger partial charge < -0.3 is 21.0 Å². The SMILES string of the molecule is Cn1c(C(=O)NCc2ccccc2F)cc2ccc(/C(C=N)=C(/N)C(F)(F)F)nc21. The van der Waals surface area contributed by atoms with Gasteiger partial charge in [-0.3, -0.25) is 4.79 Å². The van der Waals surface area contributed by atoms with Crippen molar-refractivity contribution in [1.82, 2.24) is 14.9 Å². The van der Waals surface area contributed by atoms with Crippen LogP contribution in [0.15, 0.2) is 48.2 Å². The van der Waals surface area contributed by atoms with E-state index in [-0.39, 0.29) is 23.6 Å². The van der Waals surface area contributed by atoms with Crippen LogP contribution in [0.3, 0.4) is 0 Å². The number of halogens is 4. The molecule has 3 rings (SSSR count). The molecular formula is C20H17F4N5O. The summed E-state index contributed by atoms with van der Waals surface area (Å²) in [7, 11) is 1.53. The molecule has 4 N–H and O–H groups in total. The lowest BCUT2D eigenvalue weighted by atomic mass is 10.1. The maximum Gasteiger partial charge on any atom is 0.431 e. The Kier molecular flexibility index (Phi) is 5.59. The largest absolute Gasteiger partial charge is 0.431 e. The van der Waals surface area contributed by atoms with E-state index in [2.05, 4.69) is 10.3 Å². The van der Waals surface area contributed by atoms with Gasteiger partial charge in [0, 0.05) is 36.3 Å². The molecule has 0 saturated heterocycles. The molecule has 0 saturated carbocycles. The number of amides is 1. The molecular weight excluding hydrogens is 402 g/mol. The predicted molar refractivity (Wildman–Crippen MR) is 104 cm³/mol. The maximum atomic E-state index is 13.7. The van der Waals surface area contributed by atoms with Gasteiger partial charge in [0.25, 0.3) is 5.91 Å². The molecule has 2 heterocycles. The summed E-state index contributed by atoms with van der Waals surface area (Å²) in [6, 6.07) is 10.3. The lowest BCUT2D eigenvalue weighted by Crippen LogP contribution is -2.25. The van der Waals surface area contributed by atoms with Gasteiger partial charge in [0.1, 0.15) is 22.9 Å². The summed E-state index contributed by atoms with van der Waals surface area (Å²) in [6.07, 6.45) is -4.32. The molecule has 1 aromatic carbocycles. The second-order valence-electron chi connectivity index (χ2n) is 6.44. The minimum Gasteiger partial charge on any atom is -0.394 e. The molecule has 30 heavy (non-hydrogen) atoms. The summed E-state index contributed by atoms with van der Waals surface area (Å²) >= 11 is 0. The van der Waals surface area contributed by atoms with Crippen molar-refractivity contribution >= 4 is 28.7 Å². The number of fused-ring (bicyclic) bond motifs is 1. The number of hydrogen-bond donors (Lipinski definition) is 3. The van der Waals surface area contributed by atoms with Gasteiger partial charge >= 0.3 is 6.18 Å². The Hall–Kier alpha value is -3.69. The van der Waals surface area contributed by atoms with Crippen molar-refractivity contribution in [2.75, 3.05) is 0 Å². The fourth-order valence-corrected chi connectivity index (χ4v) is 2.92. The summed E-state index contributed by atoms with van der Waals surface area (Å²) in [4.78, 5) is 16.7. The predicted octanol–water partition coefficient (Wildman–Crippen LogP) is 3.52. The number of allylic oxidation sites excluding steroid dienone is 2. The van der Waals surface area contributed by atoms with Crippen LogP contribution in [-0.4, -0.2) is 27.8 Å². The third-order valence-electron chi connectivity index (χ3n) is 4.52.